The Morgan fingerprint density at radius 3 is 2.44 bits per heavy atom. The second-order valence-corrected chi connectivity index (χ2v) is 3.92. The molecule has 1 aromatic rings. The SMILES string of the molecule is COCCOCCCOc1ccc(CCO)cc1. The van der Waals surface area contributed by atoms with Crippen molar-refractivity contribution in [1.82, 2.24) is 0 Å². The van der Waals surface area contributed by atoms with Gasteiger partial charge >= 0.3 is 0 Å². The van der Waals surface area contributed by atoms with E-state index in [2.05, 4.69) is 0 Å². The van der Waals surface area contributed by atoms with Gasteiger partial charge in [-0.3, -0.25) is 0 Å². The zero-order valence-corrected chi connectivity index (χ0v) is 10.9. The first-order valence-electron chi connectivity index (χ1n) is 6.26. The molecule has 0 radical (unpaired) electrons. The Morgan fingerprint density at radius 1 is 1.00 bits per heavy atom. The summed E-state index contributed by atoms with van der Waals surface area (Å²) in [5.41, 5.74) is 1.12. The molecule has 1 aromatic carbocycles. The number of aliphatic hydroxyl groups is 1. The fourth-order valence-corrected chi connectivity index (χ4v) is 1.48. The van der Waals surface area contributed by atoms with Crippen molar-refractivity contribution in [1.29, 1.82) is 0 Å². The molecule has 0 saturated heterocycles. The molecular formula is C14H22O4. The fraction of sp³-hybridized carbons (Fsp3) is 0.571. The average molecular weight is 254 g/mol. The lowest BCUT2D eigenvalue weighted by atomic mass is 10.1. The van der Waals surface area contributed by atoms with Gasteiger partial charge in [0.1, 0.15) is 5.75 Å². The van der Waals surface area contributed by atoms with Crippen molar-refractivity contribution in [3.05, 3.63) is 29.8 Å². The van der Waals surface area contributed by atoms with E-state index in [-0.39, 0.29) is 6.61 Å². The largest absolute Gasteiger partial charge is 0.494 e. The van der Waals surface area contributed by atoms with Gasteiger partial charge in [-0.25, -0.2) is 0 Å². The Labute approximate surface area is 108 Å². The van der Waals surface area contributed by atoms with Crippen molar-refractivity contribution in [3.8, 4) is 5.75 Å². The molecule has 0 spiro atoms. The molecule has 4 heteroatoms. The van der Waals surface area contributed by atoms with Crippen LogP contribution in [0.4, 0.5) is 0 Å². The number of ether oxygens (including phenoxy) is 3. The summed E-state index contributed by atoms with van der Waals surface area (Å²) in [5.74, 6) is 0.855. The van der Waals surface area contributed by atoms with E-state index in [9.17, 15) is 0 Å². The molecule has 0 bridgehead atoms. The smallest absolute Gasteiger partial charge is 0.119 e. The first-order valence-corrected chi connectivity index (χ1v) is 6.26. The van der Waals surface area contributed by atoms with Gasteiger partial charge in [0.2, 0.25) is 0 Å². The maximum atomic E-state index is 8.80. The summed E-state index contributed by atoms with van der Waals surface area (Å²) in [6, 6.07) is 7.80. The molecule has 0 fully saturated rings. The minimum atomic E-state index is 0.180. The van der Waals surface area contributed by atoms with E-state index in [0.717, 1.165) is 17.7 Å². The molecule has 0 heterocycles. The molecule has 0 unspecified atom stereocenters. The highest BCUT2D eigenvalue weighted by Gasteiger charge is 1.96. The molecule has 0 aliphatic carbocycles. The Balaban J connectivity index is 2.08. The highest BCUT2D eigenvalue weighted by molar-refractivity contribution is 5.27. The van der Waals surface area contributed by atoms with E-state index in [4.69, 9.17) is 19.3 Å². The second kappa shape index (κ2) is 9.88. The summed E-state index contributed by atoms with van der Waals surface area (Å²) >= 11 is 0. The lowest BCUT2D eigenvalue weighted by molar-refractivity contribution is 0.0644. The van der Waals surface area contributed by atoms with Crippen LogP contribution in [0.1, 0.15) is 12.0 Å². The van der Waals surface area contributed by atoms with Crippen LogP contribution in [-0.4, -0.2) is 45.3 Å². The Bertz CT molecular complexity index is 297. The maximum Gasteiger partial charge on any atom is 0.119 e. The van der Waals surface area contributed by atoms with Crippen molar-refractivity contribution in [2.75, 3.05) is 40.1 Å². The minimum absolute atomic E-state index is 0.180. The van der Waals surface area contributed by atoms with Gasteiger partial charge in [-0.1, -0.05) is 12.1 Å². The molecule has 4 nitrogen and oxygen atoms in total. The standard InChI is InChI=1S/C14H22O4/c1-16-11-12-17-9-2-10-18-14-5-3-13(4-6-14)7-8-15/h3-6,15H,2,7-12H2,1H3. The predicted octanol–water partition coefficient (Wildman–Crippen LogP) is 1.65. The molecule has 1 N–H and O–H groups in total. The van der Waals surface area contributed by atoms with Crippen LogP contribution >= 0.6 is 0 Å². The van der Waals surface area contributed by atoms with Gasteiger partial charge in [0.15, 0.2) is 0 Å². The van der Waals surface area contributed by atoms with Gasteiger partial charge in [0, 0.05) is 26.7 Å². The second-order valence-electron chi connectivity index (χ2n) is 3.92. The zero-order valence-electron chi connectivity index (χ0n) is 10.9. The quantitative estimate of drug-likeness (QED) is 0.645. The molecule has 0 atom stereocenters. The molecular weight excluding hydrogens is 232 g/mol. The van der Waals surface area contributed by atoms with E-state index < -0.39 is 0 Å². The van der Waals surface area contributed by atoms with Crippen molar-refractivity contribution in [2.45, 2.75) is 12.8 Å². The van der Waals surface area contributed by atoms with Crippen LogP contribution in [0.2, 0.25) is 0 Å². The highest BCUT2D eigenvalue weighted by Crippen LogP contribution is 2.12. The van der Waals surface area contributed by atoms with E-state index in [0.29, 0.717) is 32.8 Å². The third-order valence-corrected chi connectivity index (χ3v) is 2.46. The molecule has 0 aromatic heterocycles. The number of rotatable bonds is 10. The molecule has 102 valence electrons. The minimum Gasteiger partial charge on any atom is -0.494 e. The molecule has 1 rings (SSSR count). The fourth-order valence-electron chi connectivity index (χ4n) is 1.48. The predicted molar refractivity (Wildman–Crippen MR) is 70.0 cm³/mol. The highest BCUT2D eigenvalue weighted by atomic mass is 16.5. The first-order chi connectivity index (χ1) is 8.86. The van der Waals surface area contributed by atoms with Crippen LogP contribution in [0.25, 0.3) is 0 Å². The van der Waals surface area contributed by atoms with Crippen LogP contribution < -0.4 is 4.74 Å². The summed E-state index contributed by atoms with van der Waals surface area (Å²) in [4.78, 5) is 0. The van der Waals surface area contributed by atoms with Gasteiger partial charge in [-0.05, 0) is 24.1 Å². The molecule has 0 aliphatic rings. The number of aliphatic hydroxyl groups excluding tert-OH is 1. The monoisotopic (exact) mass is 254 g/mol. The van der Waals surface area contributed by atoms with Crippen molar-refractivity contribution in [2.24, 2.45) is 0 Å². The number of hydrogen-bond acceptors (Lipinski definition) is 4. The van der Waals surface area contributed by atoms with Gasteiger partial charge in [-0.2, -0.15) is 0 Å². The van der Waals surface area contributed by atoms with Crippen LogP contribution in [0.5, 0.6) is 5.75 Å². The molecule has 0 amide bonds. The van der Waals surface area contributed by atoms with E-state index in [1.54, 1.807) is 7.11 Å². The van der Waals surface area contributed by atoms with Gasteiger partial charge in [0.05, 0.1) is 19.8 Å². The van der Waals surface area contributed by atoms with Crippen LogP contribution in [0.3, 0.4) is 0 Å². The molecule has 18 heavy (non-hydrogen) atoms. The topological polar surface area (TPSA) is 47.9 Å². The lowest BCUT2D eigenvalue weighted by Crippen LogP contribution is -2.06. The van der Waals surface area contributed by atoms with Crippen LogP contribution in [-0.2, 0) is 15.9 Å². The van der Waals surface area contributed by atoms with Gasteiger partial charge in [0.25, 0.3) is 0 Å². The summed E-state index contributed by atoms with van der Waals surface area (Å²) in [6.45, 7) is 2.77. The lowest BCUT2D eigenvalue weighted by Gasteiger charge is -2.07. The normalized spacial score (nSPS) is 10.6. The Morgan fingerprint density at radius 2 is 1.78 bits per heavy atom. The van der Waals surface area contributed by atoms with Gasteiger partial charge < -0.3 is 19.3 Å². The van der Waals surface area contributed by atoms with E-state index >= 15 is 0 Å². The third-order valence-electron chi connectivity index (χ3n) is 2.46. The van der Waals surface area contributed by atoms with Crippen molar-refractivity contribution in [3.63, 3.8) is 0 Å². The average Bonchev–Trinajstić information content (AvgIpc) is 2.40. The molecule has 0 aliphatic heterocycles. The Kier molecular flexibility index (Phi) is 8.21. The number of hydrogen-bond donors (Lipinski definition) is 1. The number of methoxy groups -OCH3 is 1. The zero-order chi connectivity index (χ0) is 13.1. The third kappa shape index (κ3) is 6.59. The van der Waals surface area contributed by atoms with Crippen molar-refractivity contribution >= 4 is 0 Å². The van der Waals surface area contributed by atoms with Crippen LogP contribution in [0, 0.1) is 0 Å². The molecule has 0 saturated carbocycles. The maximum absolute atomic E-state index is 8.80. The summed E-state index contributed by atoms with van der Waals surface area (Å²) in [6.07, 6.45) is 1.55. The Hall–Kier alpha value is -1.10. The summed E-state index contributed by atoms with van der Waals surface area (Å²) in [7, 11) is 1.66. The summed E-state index contributed by atoms with van der Waals surface area (Å²) in [5, 5.41) is 8.80. The van der Waals surface area contributed by atoms with Crippen molar-refractivity contribution < 1.29 is 19.3 Å². The van der Waals surface area contributed by atoms with Gasteiger partial charge in [-0.15, -0.1) is 0 Å². The first kappa shape index (κ1) is 15.0. The van der Waals surface area contributed by atoms with Crippen LogP contribution in [0.15, 0.2) is 24.3 Å². The van der Waals surface area contributed by atoms with E-state index in [1.165, 1.54) is 0 Å². The van der Waals surface area contributed by atoms with E-state index in [1.807, 2.05) is 24.3 Å². The number of benzene rings is 1. The summed E-state index contributed by atoms with van der Waals surface area (Å²) < 4.78 is 15.8.